The number of carbonyl (C=O) groups is 1. The highest BCUT2D eigenvalue weighted by molar-refractivity contribution is 7.11. The number of ether oxygens (including phenoxy) is 1. The first-order chi connectivity index (χ1) is 11.7. The highest BCUT2D eigenvalue weighted by atomic mass is 32.1. The number of piperazine rings is 1. The number of nitrogens with two attached hydrogens (primary N) is 1. The SMILES string of the molecule is Cc1nc(CCN=C(N)N2CCN(C(=O)OC(C)(C)C)CC2)sc1C. The van der Waals surface area contributed by atoms with Gasteiger partial charge in [-0.2, -0.15) is 0 Å². The molecule has 2 rings (SSSR count). The van der Waals surface area contributed by atoms with Crippen LogP contribution in [0.1, 0.15) is 36.3 Å². The predicted octanol–water partition coefficient (Wildman–Crippen LogP) is 2.17. The molecule has 0 atom stereocenters. The molecule has 0 aliphatic carbocycles. The predicted molar refractivity (Wildman–Crippen MR) is 101 cm³/mol. The summed E-state index contributed by atoms with van der Waals surface area (Å²) >= 11 is 1.72. The maximum absolute atomic E-state index is 12.1. The first-order valence-corrected chi connectivity index (χ1v) is 9.43. The van der Waals surface area contributed by atoms with E-state index < -0.39 is 5.60 Å². The van der Waals surface area contributed by atoms with Crippen LogP contribution in [0.2, 0.25) is 0 Å². The minimum atomic E-state index is -0.471. The number of thiazole rings is 1. The molecule has 0 radical (unpaired) electrons. The van der Waals surface area contributed by atoms with Crippen LogP contribution in [0.15, 0.2) is 4.99 Å². The number of amides is 1. The van der Waals surface area contributed by atoms with Gasteiger partial charge in [0, 0.05) is 44.0 Å². The zero-order chi connectivity index (χ0) is 18.6. The molecule has 1 aliphatic heterocycles. The summed E-state index contributed by atoms with van der Waals surface area (Å²) in [6.07, 6.45) is 0.537. The van der Waals surface area contributed by atoms with Crippen LogP contribution in [0.4, 0.5) is 4.79 Å². The average Bonchev–Trinajstić information content (AvgIpc) is 2.84. The molecular weight excluding hydrogens is 338 g/mol. The van der Waals surface area contributed by atoms with E-state index in [0.717, 1.165) is 17.1 Å². The number of guanidine groups is 1. The van der Waals surface area contributed by atoms with E-state index in [1.54, 1.807) is 16.2 Å². The van der Waals surface area contributed by atoms with E-state index in [4.69, 9.17) is 10.5 Å². The standard InChI is InChI=1S/C17H29N5O2S/c1-12-13(2)25-14(20-12)6-7-19-15(18)21-8-10-22(11-9-21)16(23)24-17(3,4)5/h6-11H2,1-5H3,(H2,18,19). The number of nitrogens with zero attached hydrogens (tertiary/aromatic N) is 4. The lowest BCUT2D eigenvalue weighted by atomic mass is 10.2. The van der Waals surface area contributed by atoms with E-state index in [0.29, 0.717) is 38.7 Å². The van der Waals surface area contributed by atoms with Crippen molar-refractivity contribution < 1.29 is 9.53 Å². The molecule has 0 spiro atoms. The number of hydrogen-bond acceptors (Lipinski definition) is 5. The van der Waals surface area contributed by atoms with Gasteiger partial charge in [-0.3, -0.25) is 4.99 Å². The number of aromatic nitrogens is 1. The number of carbonyl (C=O) groups excluding carboxylic acids is 1. The molecule has 1 aromatic heterocycles. The largest absolute Gasteiger partial charge is 0.444 e. The van der Waals surface area contributed by atoms with E-state index in [9.17, 15) is 4.79 Å². The van der Waals surface area contributed by atoms with Crippen LogP contribution in [-0.2, 0) is 11.2 Å². The molecule has 1 aliphatic rings. The zero-order valence-electron chi connectivity index (χ0n) is 15.8. The van der Waals surface area contributed by atoms with Gasteiger partial charge in [0.2, 0.25) is 0 Å². The molecule has 1 fully saturated rings. The van der Waals surface area contributed by atoms with Crippen LogP contribution >= 0.6 is 11.3 Å². The third kappa shape index (κ3) is 5.88. The van der Waals surface area contributed by atoms with Gasteiger partial charge in [-0.1, -0.05) is 0 Å². The fraction of sp³-hybridized carbons (Fsp3) is 0.706. The number of hydrogen-bond donors (Lipinski definition) is 1. The van der Waals surface area contributed by atoms with Gasteiger partial charge in [-0.25, -0.2) is 9.78 Å². The summed E-state index contributed by atoms with van der Waals surface area (Å²) in [4.78, 5) is 26.0. The Morgan fingerprint density at radius 2 is 1.84 bits per heavy atom. The molecule has 0 saturated carbocycles. The van der Waals surface area contributed by atoms with Crippen molar-refractivity contribution >= 4 is 23.4 Å². The molecular formula is C17H29N5O2S. The van der Waals surface area contributed by atoms with Crippen LogP contribution in [0.25, 0.3) is 0 Å². The molecule has 2 N–H and O–H groups in total. The van der Waals surface area contributed by atoms with Gasteiger partial charge in [0.1, 0.15) is 5.60 Å². The Morgan fingerprint density at radius 3 is 2.36 bits per heavy atom. The van der Waals surface area contributed by atoms with E-state index in [-0.39, 0.29) is 6.09 Å². The van der Waals surface area contributed by atoms with Gasteiger partial charge in [0.15, 0.2) is 5.96 Å². The van der Waals surface area contributed by atoms with Crippen molar-refractivity contribution in [3.8, 4) is 0 Å². The summed E-state index contributed by atoms with van der Waals surface area (Å²) in [5.41, 5.74) is 6.72. The Balaban J connectivity index is 1.78. The van der Waals surface area contributed by atoms with E-state index in [2.05, 4.69) is 16.9 Å². The van der Waals surface area contributed by atoms with Gasteiger partial charge in [-0.05, 0) is 34.6 Å². The first-order valence-electron chi connectivity index (χ1n) is 8.61. The van der Waals surface area contributed by atoms with Crippen molar-refractivity contribution in [3.63, 3.8) is 0 Å². The maximum Gasteiger partial charge on any atom is 0.410 e. The first kappa shape index (κ1) is 19.5. The molecule has 0 unspecified atom stereocenters. The molecule has 0 aromatic carbocycles. The molecule has 0 bridgehead atoms. The summed E-state index contributed by atoms with van der Waals surface area (Å²) in [7, 11) is 0. The van der Waals surface area contributed by atoms with Crippen LogP contribution in [0, 0.1) is 13.8 Å². The topological polar surface area (TPSA) is 84.0 Å². The van der Waals surface area contributed by atoms with Crippen molar-refractivity contribution in [2.75, 3.05) is 32.7 Å². The summed E-state index contributed by atoms with van der Waals surface area (Å²) < 4.78 is 5.40. The van der Waals surface area contributed by atoms with Gasteiger partial charge >= 0.3 is 6.09 Å². The number of rotatable bonds is 3. The van der Waals surface area contributed by atoms with Crippen molar-refractivity contribution in [1.29, 1.82) is 0 Å². The van der Waals surface area contributed by atoms with E-state index in [1.165, 1.54) is 4.88 Å². The van der Waals surface area contributed by atoms with E-state index >= 15 is 0 Å². The second kappa shape index (κ2) is 8.03. The Labute approximate surface area is 153 Å². The van der Waals surface area contributed by atoms with Crippen LogP contribution in [0.5, 0.6) is 0 Å². The smallest absolute Gasteiger partial charge is 0.410 e. The molecule has 8 heteroatoms. The lowest BCUT2D eigenvalue weighted by Crippen LogP contribution is -2.53. The Kier molecular flexibility index (Phi) is 6.26. The summed E-state index contributed by atoms with van der Waals surface area (Å²) in [5.74, 6) is 0.536. The molecule has 1 aromatic rings. The fourth-order valence-electron chi connectivity index (χ4n) is 2.46. The minimum absolute atomic E-state index is 0.267. The molecule has 25 heavy (non-hydrogen) atoms. The lowest BCUT2D eigenvalue weighted by Gasteiger charge is -2.36. The highest BCUT2D eigenvalue weighted by Gasteiger charge is 2.26. The van der Waals surface area contributed by atoms with Crippen LogP contribution in [0.3, 0.4) is 0 Å². The third-order valence-electron chi connectivity index (χ3n) is 3.93. The summed E-state index contributed by atoms with van der Waals surface area (Å²) in [6.45, 7) is 12.9. The van der Waals surface area contributed by atoms with Gasteiger partial charge in [0.25, 0.3) is 0 Å². The molecule has 1 amide bonds. The Morgan fingerprint density at radius 1 is 1.24 bits per heavy atom. The van der Waals surface area contributed by atoms with Crippen molar-refractivity contribution in [3.05, 3.63) is 15.6 Å². The molecule has 1 saturated heterocycles. The van der Waals surface area contributed by atoms with Gasteiger partial charge in [-0.15, -0.1) is 11.3 Å². The number of aliphatic imine (C=N–C) groups is 1. The molecule has 2 heterocycles. The van der Waals surface area contributed by atoms with Crippen molar-refractivity contribution in [2.24, 2.45) is 10.7 Å². The average molecular weight is 368 g/mol. The minimum Gasteiger partial charge on any atom is -0.444 e. The second-order valence-electron chi connectivity index (χ2n) is 7.19. The molecule has 140 valence electrons. The molecule has 7 nitrogen and oxygen atoms in total. The maximum atomic E-state index is 12.1. The monoisotopic (exact) mass is 367 g/mol. The summed E-state index contributed by atoms with van der Waals surface area (Å²) in [5, 5.41) is 1.10. The third-order valence-corrected chi connectivity index (χ3v) is 5.06. The van der Waals surface area contributed by atoms with Crippen LogP contribution in [-0.4, -0.2) is 65.2 Å². The Bertz CT molecular complexity index is 608. The Hall–Kier alpha value is -1.83. The summed E-state index contributed by atoms with van der Waals surface area (Å²) in [6, 6.07) is 0. The quantitative estimate of drug-likeness (QED) is 0.654. The van der Waals surface area contributed by atoms with E-state index in [1.807, 2.05) is 32.6 Å². The van der Waals surface area contributed by atoms with Crippen LogP contribution < -0.4 is 5.73 Å². The number of aryl methyl sites for hydroxylation is 2. The zero-order valence-corrected chi connectivity index (χ0v) is 16.7. The van der Waals surface area contributed by atoms with Crippen molar-refractivity contribution in [1.82, 2.24) is 14.8 Å². The van der Waals surface area contributed by atoms with Gasteiger partial charge < -0.3 is 20.3 Å². The lowest BCUT2D eigenvalue weighted by molar-refractivity contribution is 0.0186. The van der Waals surface area contributed by atoms with Gasteiger partial charge in [0.05, 0.1) is 10.7 Å². The fourth-order valence-corrected chi connectivity index (χ4v) is 3.38. The van der Waals surface area contributed by atoms with Crippen molar-refractivity contribution in [2.45, 2.75) is 46.6 Å². The normalized spacial score (nSPS) is 16.3. The highest BCUT2D eigenvalue weighted by Crippen LogP contribution is 2.17. The second-order valence-corrected chi connectivity index (χ2v) is 8.48.